The molecule has 7 heteroatoms. The van der Waals surface area contributed by atoms with E-state index in [1.807, 2.05) is 6.26 Å². The third-order valence-electron chi connectivity index (χ3n) is 3.76. The Morgan fingerprint density at radius 3 is 2.48 bits per heavy atom. The van der Waals surface area contributed by atoms with Crippen LogP contribution in [0.4, 0.5) is 0 Å². The zero-order valence-corrected chi connectivity index (χ0v) is 14.4. The summed E-state index contributed by atoms with van der Waals surface area (Å²) < 4.78 is 27.8. The molecule has 1 aliphatic carbocycles. The van der Waals surface area contributed by atoms with Gasteiger partial charge < -0.3 is 5.73 Å². The fourth-order valence-corrected chi connectivity index (χ4v) is 5.05. The van der Waals surface area contributed by atoms with E-state index < -0.39 is 10.0 Å². The molecule has 0 bridgehead atoms. The molecule has 1 saturated carbocycles. The second-order valence-corrected chi connectivity index (χ2v) is 8.41. The molecule has 3 N–H and O–H groups in total. The summed E-state index contributed by atoms with van der Waals surface area (Å²) in [6, 6.07) is 6.39. The maximum absolute atomic E-state index is 12.5. The lowest BCUT2D eigenvalue weighted by atomic mass is 9.96. The van der Waals surface area contributed by atoms with Crippen LogP contribution in [0.2, 0.25) is 0 Å². The third kappa shape index (κ3) is 4.18. The number of thiocarbonyl (C=S) groups is 1. The van der Waals surface area contributed by atoms with Crippen LogP contribution in [-0.2, 0) is 10.0 Å². The number of nitrogens with two attached hydrogens (primary N) is 1. The molecule has 0 amide bonds. The standard InChI is InChI=1S/C14H20N2O2S3/c1-20-13-5-3-2-4-12(13)16-21(17,18)11-8-6-10(7-9-11)14(15)19/h6-9,12-13,16H,2-5H2,1H3,(H2,15,19). The minimum absolute atomic E-state index is 0.00834. The zero-order valence-electron chi connectivity index (χ0n) is 11.9. The lowest BCUT2D eigenvalue weighted by Gasteiger charge is -2.30. The normalized spacial score (nSPS) is 22.9. The van der Waals surface area contributed by atoms with Crippen LogP contribution in [-0.4, -0.2) is 31.0 Å². The molecule has 2 unspecified atom stereocenters. The summed E-state index contributed by atoms with van der Waals surface area (Å²) >= 11 is 6.61. The molecular weight excluding hydrogens is 324 g/mol. The molecule has 21 heavy (non-hydrogen) atoms. The van der Waals surface area contributed by atoms with Crippen molar-refractivity contribution in [3.63, 3.8) is 0 Å². The number of hydrogen-bond donors (Lipinski definition) is 2. The van der Waals surface area contributed by atoms with Crippen molar-refractivity contribution < 1.29 is 8.42 Å². The highest BCUT2D eigenvalue weighted by Gasteiger charge is 2.28. The maximum Gasteiger partial charge on any atom is 0.240 e. The van der Waals surface area contributed by atoms with Gasteiger partial charge in [-0.2, -0.15) is 11.8 Å². The molecule has 2 rings (SSSR count). The number of hydrogen-bond acceptors (Lipinski definition) is 4. The van der Waals surface area contributed by atoms with Gasteiger partial charge in [-0.25, -0.2) is 13.1 Å². The average Bonchev–Trinajstić information content (AvgIpc) is 2.47. The first-order chi connectivity index (χ1) is 9.94. The Hall–Kier alpha value is -0.630. The van der Waals surface area contributed by atoms with Gasteiger partial charge in [0.2, 0.25) is 10.0 Å². The number of rotatable bonds is 5. The van der Waals surface area contributed by atoms with Crippen LogP contribution < -0.4 is 10.5 Å². The molecule has 0 spiro atoms. The summed E-state index contributed by atoms with van der Waals surface area (Å²) in [7, 11) is -3.49. The second kappa shape index (κ2) is 7.09. The van der Waals surface area contributed by atoms with Gasteiger partial charge in [-0.15, -0.1) is 0 Å². The largest absolute Gasteiger partial charge is 0.389 e. The first kappa shape index (κ1) is 16.7. The Labute approximate surface area is 135 Å². The molecule has 116 valence electrons. The molecule has 2 atom stereocenters. The van der Waals surface area contributed by atoms with E-state index in [0.29, 0.717) is 10.8 Å². The lowest BCUT2D eigenvalue weighted by Crippen LogP contribution is -2.43. The van der Waals surface area contributed by atoms with E-state index >= 15 is 0 Å². The number of benzene rings is 1. The van der Waals surface area contributed by atoms with Crippen LogP contribution in [0.1, 0.15) is 31.2 Å². The minimum Gasteiger partial charge on any atom is -0.389 e. The van der Waals surface area contributed by atoms with Crippen molar-refractivity contribution in [3.8, 4) is 0 Å². The highest BCUT2D eigenvalue weighted by atomic mass is 32.2. The zero-order chi connectivity index (χ0) is 15.5. The molecule has 1 fully saturated rings. The number of thioether (sulfide) groups is 1. The van der Waals surface area contributed by atoms with Crippen molar-refractivity contribution in [2.75, 3.05) is 6.26 Å². The molecule has 4 nitrogen and oxygen atoms in total. The van der Waals surface area contributed by atoms with Crippen LogP contribution in [0.3, 0.4) is 0 Å². The highest BCUT2D eigenvalue weighted by molar-refractivity contribution is 7.99. The van der Waals surface area contributed by atoms with Gasteiger partial charge in [-0.3, -0.25) is 0 Å². The maximum atomic E-state index is 12.5. The molecule has 1 aromatic rings. The van der Waals surface area contributed by atoms with E-state index in [1.54, 1.807) is 36.0 Å². The monoisotopic (exact) mass is 344 g/mol. The van der Waals surface area contributed by atoms with Crippen LogP contribution in [0.15, 0.2) is 29.2 Å². The SMILES string of the molecule is CSC1CCCCC1NS(=O)(=O)c1ccc(C(N)=S)cc1. The first-order valence-corrected chi connectivity index (χ1v) is 10.1. The smallest absolute Gasteiger partial charge is 0.240 e. The van der Waals surface area contributed by atoms with E-state index in [4.69, 9.17) is 18.0 Å². The van der Waals surface area contributed by atoms with Crippen molar-refractivity contribution in [3.05, 3.63) is 29.8 Å². The Kier molecular flexibility index (Phi) is 5.65. The number of sulfonamides is 1. The summed E-state index contributed by atoms with van der Waals surface area (Å²) in [6.07, 6.45) is 6.25. The Balaban J connectivity index is 2.15. The highest BCUT2D eigenvalue weighted by Crippen LogP contribution is 2.28. The summed E-state index contributed by atoms with van der Waals surface area (Å²) in [5, 5.41) is 0.351. The Bertz CT molecular complexity index is 599. The molecule has 1 aliphatic rings. The Morgan fingerprint density at radius 1 is 1.29 bits per heavy atom. The molecule has 0 aromatic heterocycles. The first-order valence-electron chi connectivity index (χ1n) is 6.89. The molecule has 0 saturated heterocycles. The molecule has 1 aromatic carbocycles. The van der Waals surface area contributed by atoms with E-state index in [0.717, 1.165) is 19.3 Å². The summed E-state index contributed by atoms with van der Waals surface area (Å²) in [5.41, 5.74) is 6.19. The summed E-state index contributed by atoms with van der Waals surface area (Å²) in [4.78, 5) is 0.523. The van der Waals surface area contributed by atoms with Crippen molar-refractivity contribution in [1.29, 1.82) is 0 Å². The molecule has 0 aliphatic heterocycles. The van der Waals surface area contributed by atoms with Gasteiger partial charge in [0.25, 0.3) is 0 Å². The predicted octanol–water partition coefficient (Wildman–Crippen LogP) is 2.27. The van der Waals surface area contributed by atoms with Gasteiger partial charge in [0.1, 0.15) is 4.99 Å². The van der Waals surface area contributed by atoms with Crippen LogP contribution >= 0.6 is 24.0 Å². The van der Waals surface area contributed by atoms with E-state index in [1.165, 1.54) is 6.42 Å². The van der Waals surface area contributed by atoms with Crippen molar-refractivity contribution in [2.45, 2.75) is 41.9 Å². The van der Waals surface area contributed by atoms with Crippen LogP contribution in [0.5, 0.6) is 0 Å². The minimum atomic E-state index is -3.49. The van der Waals surface area contributed by atoms with E-state index in [-0.39, 0.29) is 15.9 Å². The fraction of sp³-hybridized carbons (Fsp3) is 0.500. The topological polar surface area (TPSA) is 72.2 Å². The summed E-state index contributed by atoms with van der Waals surface area (Å²) in [6.45, 7) is 0. The lowest BCUT2D eigenvalue weighted by molar-refractivity contribution is 0.423. The Morgan fingerprint density at radius 2 is 1.90 bits per heavy atom. The van der Waals surface area contributed by atoms with Crippen molar-refractivity contribution >= 4 is 39.0 Å². The fourth-order valence-electron chi connectivity index (χ4n) is 2.58. The van der Waals surface area contributed by atoms with Gasteiger partial charge in [0.15, 0.2) is 0 Å². The third-order valence-corrected chi connectivity index (χ3v) is 6.67. The van der Waals surface area contributed by atoms with Gasteiger partial charge >= 0.3 is 0 Å². The van der Waals surface area contributed by atoms with Crippen LogP contribution in [0, 0.1) is 0 Å². The molecule has 0 heterocycles. The summed E-state index contributed by atoms with van der Waals surface area (Å²) in [5.74, 6) is 0. The average molecular weight is 345 g/mol. The van der Waals surface area contributed by atoms with Gasteiger partial charge in [-0.05, 0) is 31.2 Å². The quantitative estimate of drug-likeness (QED) is 0.802. The van der Waals surface area contributed by atoms with Crippen molar-refractivity contribution in [1.82, 2.24) is 4.72 Å². The van der Waals surface area contributed by atoms with E-state index in [9.17, 15) is 8.42 Å². The van der Waals surface area contributed by atoms with Crippen LogP contribution in [0.25, 0.3) is 0 Å². The van der Waals surface area contributed by atoms with Gasteiger partial charge in [0, 0.05) is 16.9 Å². The van der Waals surface area contributed by atoms with Gasteiger partial charge in [-0.1, -0.05) is 37.2 Å². The van der Waals surface area contributed by atoms with Crippen molar-refractivity contribution in [2.24, 2.45) is 5.73 Å². The predicted molar refractivity (Wildman–Crippen MR) is 92.2 cm³/mol. The number of nitrogens with one attached hydrogen (secondary N) is 1. The second-order valence-electron chi connectivity index (χ2n) is 5.18. The molecule has 0 radical (unpaired) electrons. The van der Waals surface area contributed by atoms with Gasteiger partial charge in [0.05, 0.1) is 4.90 Å². The molecular formula is C14H20N2O2S3. The van der Waals surface area contributed by atoms with E-state index in [2.05, 4.69) is 4.72 Å².